The zero-order valence-corrected chi connectivity index (χ0v) is 8.63. The fraction of sp³-hybridized carbons (Fsp3) is 0.364. The van der Waals surface area contributed by atoms with E-state index in [1.165, 1.54) is 11.1 Å². The van der Waals surface area contributed by atoms with Crippen LogP contribution < -0.4 is 11.1 Å². The zero-order chi connectivity index (χ0) is 10.6. The van der Waals surface area contributed by atoms with E-state index in [2.05, 4.69) is 23.5 Å². The van der Waals surface area contributed by atoms with Crippen LogP contribution in [0.15, 0.2) is 18.2 Å². The fourth-order valence-electron chi connectivity index (χ4n) is 1.26. The first kappa shape index (κ1) is 10.7. The smallest absolute Gasteiger partial charge is 0.234 e. The predicted octanol–water partition coefficient (Wildman–Crippen LogP) is 0.878. The largest absolute Gasteiger partial charge is 0.351 e. The van der Waals surface area contributed by atoms with E-state index in [0.717, 1.165) is 5.56 Å². The van der Waals surface area contributed by atoms with Crippen LogP contribution in [0, 0.1) is 13.8 Å². The second kappa shape index (κ2) is 4.77. The molecule has 14 heavy (non-hydrogen) atoms. The second-order valence-corrected chi connectivity index (χ2v) is 3.41. The van der Waals surface area contributed by atoms with Crippen LogP contribution in [-0.4, -0.2) is 12.5 Å². The summed E-state index contributed by atoms with van der Waals surface area (Å²) in [5.74, 6) is -0.120. The van der Waals surface area contributed by atoms with Crippen molar-refractivity contribution in [1.29, 1.82) is 0 Å². The minimum absolute atomic E-state index is 0.0465. The van der Waals surface area contributed by atoms with Gasteiger partial charge in [-0.2, -0.15) is 0 Å². The number of rotatable bonds is 3. The maximum Gasteiger partial charge on any atom is 0.234 e. The molecule has 0 aliphatic heterocycles. The molecule has 0 aliphatic carbocycles. The topological polar surface area (TPSA) is 55.1 Å². The molecule has 0 spiro atoms. The van der Waals surface area contributed by atoms with Crippen molar-refractivity contribution in [3.8, 4) is 0 Å². The van der Waals surface area contributed by atoms with Crippen molar-refractivity contribution >= 4 is 5.91 Å². The Morgan fingerprint density at radius 2 is 2.14 bits per heavy atom. The summed E-state index contributed by atoms with van der Waals surface area (Å²) >= 11 is 0. The SMILES string of the molecule is Cc1ccc(C)c(CNC(=O)CN)c1. The highest BCUT2D eigenvalue weighted by molar-refractivity contribution is 5.77. The molecule has 0 unspecified atom stereocenters. The summed E-state index contributed by atoms with van der Waals surface area (Å²) in [5, 5.41) is 2.75. The van der Waals surface area contributed by atoms with E-state index in [1.54, 1.807) is 0 Å². The van der Waals surface area contributed by atoms with Crippen molar-refractivity contribution in [2.24, 2.45) is 5.73 Å². The number of aryl methyl sites for hydroxylation is 2. The second-order valence-electron chi connectivity index (χ2n) is 3.41. The molecule has 1 aromatic carbocycles. The van der Waals surface area contributed by atoms with E-state index >= 15 is 0 Å². The molecule has 0 heterocycles. The lowest BCUT2D eigenvalue weighted by Gasteiger charge is -2.07. The highest BCUT2D eigenvalue weighted by Gasteiger charge is 2.00. The first-order valence-corrected chi connectivity index (χ1v) is 4.66. The first-order chi connectivity index (χ1) is 6.63. The maximum absolute atomic E-state index is 10.9. The highest BCUT2D eigenvalue weighted by Crippen LogP contribution is 2.09. The van der Waals surface area contributed by atoms with Crippen LogP contribution in [0.1, 0.15) is 16.7 Å². The molecule has 0 radical (unpaired) electrons. The standard InChI is InChI=1S/C11H16N2O/c1-8-3-4-9(2)10(5-8)7-13-11(14)6-12/h3-5H,6-7,12H2,1-2H3,(H,13,14). The van der Waals surface area contributed by atoms with Gasteiger partial charge in [0.15, 0.2) is 0 Å². The number of carbonyl (C=O) groups excluding carboxylic acids is 1. The lowest BCUT2D eigenvalue weighted by atomic mass is 10.1. The van der Waals surface area contributed by atoms with E-state index in [1.807, 2.05) is 13.8 Å². The summed E-state index contributed by atoms with van der Waals surface area (Å²) in [6, 6.07) is 6.19. The van der Waals surface area contributed by atoms with Gasteiger partial charge < -0.3 is 11.1 Å². The Kier molecular flexibility index (Phi) is 3.65. The van der Waals surface area contributed by atoms with Gasteiger partial charge in [0.1, 0.15) is 0 Å². The third kappa shape index (κ3) is 2.85. The van der Waals surface area contributed by atoms with E-state index in [0.29, 0.717) is 6.54 Å². The van der Waals surface area contributed by atoms with Crippen molar-refractivity contribution in [1.82, 2.24) is 5.32 Å². The first-order valence-electron chi connectivity index (χ1n) is 4.66. The van der Waals surface area contributed by atoms with Crippen molar-refractivity contribution in [3.05, 3.63) is 34.9 Å². The Bertz CT molecular complexity index is 334. The van der Waals surface area contributed by atoms with Crippen LogP contribution >= 0.6 is 0 Å². The summed E-state index contributed by atoms with van der Waals surface area (Å²) in [5.41, 5.74) is 8.73. The number of nitrogens with one attached hydrogen (secondary N) is 1. The van der Waals surface area contributed by atoms with E-state index in [9.17, 15) is 4.79 Å². The molecular formula is C11H16N2O. The summed E-state index contributed by atoms with van der Waals surface area (Å²) in [4.78, 5) is 10.9. The third-order valence-electron chi connectivity index (χ3n) is 2.17. The monoisotopic (exact) mass is 192 g/mol. The summed E-state index contributed by atoms with van der Waals surface area (Å²) < 4.78 is 0. The Morgan fingerprint density at radius 1 is 1.43 bits per heavy atom. The zero-order valence-electron chi connectivity index (χ0n) is 8.63. The maximum atomic E-state index is 10.9. The minimum atomic E-state index is -0.120. The van der Waals surface area contributed by atoms with Crippen LogP contribution in [0.2, 0.25) is 0 Å². The normalized spacial score (nSPS) is 9.93. The number of carbonyl (C=O) groups is 1. The molecule has 0 bridgehead atoms. The van der Waals surface area contributed by atoms with Gasteiger partial charge in [-0.05, 0) is 25.0 Å². The van der Waals surface area contributed by atoms with Crippen molar-refractivity contribution in [2.75, 3.05) is 6.54 Å². The molecule has 1 aromatic rings. The molecular weight excluding hydrogens is 176 g/mol. The van der Waals surface area contributed by atoms with Gasteiger partial charge in [0.2, 0.25) is 5.91 Å². The molecule has 1 rings (SSSR count). The van der Waals surface area contributed by atoms with Gasteiger partial charge in [-0.15, -0.1) is 0 Å². The van der Waals surface area contributed by atoms with E-state index in [-0.39, 0.29) is 12.5 Å². The molecule has 0 aromatic heterocycles. The van der Waals surface area contributed by atoms with E-state index in [4.69, 9.17) is 5.73 Å². The van der Waals surface area contributed by atoms with Crippen LogP contribution in [0.5, 0.6) is 0 Å². The average molecular weight is 192 g/mol. The molecule has 0 saturated carbocycles. The molecule has 0 fully saturated rings. The number of amides is 1. The van der Waals surface area contributed by atoms with Gasteiger partial charge >= 0.3 is 0 Å². The molecule has 0 aliphatic rings. The predicted molar refractivity (Wildman–Crippen MR) is 56.8 cm³/mol. The van der Waals surface area contributed by atoms with Crippen LogP contribution in [0.3, 0.4) is 0 Å². The Hall–Kier alpha value is -1.35. The van der Waals surface area contributed by atoms with Gasteiger partial charge in [0.25, 0.3) is 0 Å². The van der Waals surface area contributed by atoms with Gasteiger partial charge in [-0.3, -0.25) is 4.79 Å². The van der Waals surface area contributed by atoms with Crippen molar-refractivity contribution < 1.29 is 4.79 Å². The Morgan fingerprint density at radius 3 is 2.79 bits per heavy atom. The molecule has 3 nitrogen and oxygen atoms in total. The minimum Gasteiger partial charge on any atom is -0.351 e. The fourth-order valence-corrected chi connectivity index (χ4v) is 1.26. The number of benzene rings is 1. The van der Waals surface area contributed by atoms with Crippen LogP contribution in [-0.2, 0) is 11.3 Å². The molecule has 0 atom stereocenters. The average Bonchev–Trinajstić information content (AvgIpc) is 2.19. The Labute approximate surface area is 84.3 Å². The molecule has 3 heteroatoms. The van der Waals surface area contributed by atoms with Gasteiger partial charge in [0.05, 0.1) is 6.54 Å². The molecule has 3 N–H and O–H groups in total. The lowest BCUT2D eigenvalue weighted by molar-refractivity contribution is -0.119. The van der Waals surface area contributed by atoms with Crippen LogP contribution in [0.25, 0.3) is 0 Å². The summed E-state index contributed by atoms with van der Waals surface area (Å²) in [7, 11) is 0. The van der Waals surface area contributed by atoms with Gasteiger partial charge in [-0.1, -0.05) is 23.8 Å². The number of hydrogen-bond acceptors (Lipinski definition) is 2. The summed E-state index contributed by atoms with van der Waals surface area (Å²) in [6.45, 7) is 4.67. The highest BCUT2D eigenvalue weighted by atomic mass is 16.1. The van der Waals surface area contributed by atoms with Crippen molar-refractivity contribution in [3.63, 3.8) is 0 Å². The number of hydrogen-bond donors (Lipinski definition) is 2. The van der Waals surface area contributed by atoms with Gasteiger partial charge in [-0.25, -0.2) is 0 Å². The summed E-state index contributed by atoms with van der Waals surface area (Å²) in [6.07, 6.45) is 0. The van der Waals surface area contributed by atoms with Gasteiger partial charge in [0, 0.05) is 6.54 Å². The third-order valence-corrected chi connectivity index (χ3v) is 2.17. The molecule has 0 saturated heterocycles. The number of nitrogens with two attached hydrogens (primary N) is 1. The van der Waals surface area contributed by atoms with Crippen molar-refractivity contribution in [2.45, 2.75) is 20.4 Å². The lowest BCUT2D eigenvalue weighted by Crippen LogP contribution is -2.29. The molecule has 1 amide bonds. The molecule has 76 valence electrons. The van der Waals surface area contributed by atoms with Crippen LogP contribution in [0.4, 0.5) is 0 Å². The Balaban J connectivity index is 2.66. The quantitative estimate of drug-likeness (QED) is 0.747. The van der Waals surface area contributed by atoms with E-state index < -0.39 is 0 Å².